The SMILES string of the molecule is [2H]c1c([2H])c([2H])c(-c2cccc(-c3c([2H])c([2H])c([2H])c([2H])c3[2H])c2-[n+]2[c-]n(-c3[c-]c(Oc4[c-]c5c(cc4-c4cc(-c6ccccc6)cc(-c6ccccc6)c4)c4ccccc4n5-c4ccccn4)ccc3)c3ccccc32)c([2H])c1[2H].[Pt]. The van der Waals surface area contributed by atoms with E-state index < -0.39 is 60.4 Å². The molecule has 0 amide bonds. The molecule has 0 fully saturated rings. The van der Waals surface area contributed by atoms with Crippen molar-refractivity contribution in [2.75, 3.05) is 0 Å². The number of hydrogen-bond donors (Lipinski definition) is 0. The molecule has 0 spiro atoms. The van der Waals surface area contributed by atoms with E-state index in [1.807, 2.05) is 103 Å². The maximum absolute atomic E-state index is 9.12. The van der Waals surface area contributed by atoms with Crippen molar-refractivity contribution in [2.45, 2.75) is 0 Å². The van der Waals surface area contributed by atoms with Crippen LogP contribution in [0, 0.1) is 18.5 Å². The summed E-state index contributed by atoms with van der Waals surface area (Å²) in [4.78, 5) is 4.79. The standard InChI is InChI=1S/C66H42N4O.Pt/c1-5-21-46(22-6-1)50-39-51(47-23-7-2-8-24-47)41-52(40-50)58-43-59-57-31-13-14-34-60(57)70(65-37-17-18-38-67-65)63(59)44-64(58)71-54-30-19-29-53(42-54)68-45-69(62-36-16-15-35-61(62)68)66-55(48-25-9-3-10-26-48)32-20-33-56(66)49-27-11-4-12-28-49;/h1-41,43H;/q-2;/i3D,4D,9D,10D,11D,12D,25D,26D,27D,28D;. The Morgan fingerprint density at radius 1 is 0.472 bits per heavy atom. The van der Waals surface area contributed by atoms with Gasteiger partial charge in [0.2, 0.25) is 0 Å². The van der Waals surface area contributed by atoms with E-state index in [1.165, 1.54) is 0 Å². The average Bonchev–Trinajstić information content (AvgIpc) is 3.06. The van der Waals surface area contributed by atoms with E-state index >= 15 is 0 Å². The molecule has 0 saturated carbocycles. The molecule has 3 aromatic heterocycles. The van der Waals surface area contributed by atoms with Crippen LogP contribution in [-0.2, 0) is 21.1 Å². The zero-order chi connectivity index (χ0) is 55.8. The first kappa shape index (κ1) is 34.4. The molecule has 0 aliphatic heterocycles. The van der Waals surface area contributed by atoms with Gasteiger partial charge >= 0.3 is 0 Å². The molecule has 0 unspecified atom stereocenters. The van der Waals surface area contributed by atoms with Gasteiger partial charge in [0.25, 0.3) is 6.33 Å². The van der Waals surface area contributed by atoms with Gasteiger partial charge in [0.05, 0.1) is 30.4 Å². The Labute approximate surface area is 446 Å². The molecule has 0 N–H and O–H groups in total. The van der Waals surface area contributed by atoms with Crippen LogP contribution in [0.3, 0.4) is 0 Å². The van der Waals surface area contributed by atoms with E-state index in [0.717, 1.165) is 55.2 Å². The largest absolute Gasteiger partial charge is 0.509 e. The zero-order valence-corrected chi connectivity index (χ0v) is 40.3. The van der Waals surface area contributed by atoms with Crippen molar-refractivity contribution < 1.29 is 44.1 Å². The van der Waals surface area contributed by atoms with E-state index in [2.05, 4.69) is 83.7 Å². The first-order chi connectivity index (χ1) is 39.4. The van der Waals surface area contributed by atoms with Crippen LogP contribution in [0.2, 0.25) is 0 Å². The second kappa shape index (κ2) is 19.1. The van der Waals surface area contributed by atoms with Crippen LogP contribution in [0.5, 0.6) is 11.5 Å². The Hall–Kier alpha value is -8.89. The predicted octanol–water partition coefficient (Wildman–Crippen LogP) is 15.9. The Kier molecular flexibility index (Phi) is 9.14. The van der Waals surface area contributed by atoms with Crippen LogP contribution in [-0.4, -0.2) is 14.1 Å². The fourth-order valence-corrected chi connectivity index (χ4v) is 9.41. The summed E-state index contributed by atoms with van der Waals surface area (Å²) < 4.78 is 101. The molecule has 0 aliphatic rings. The van der Waals surface area contributed by atoms with Gasteiger partial charge in [0.15, 0.2) is 0 Å². The number of imidazole rings is 1. The maximum Gasteiger partial charge on any atom is 0.268 e. The van der Waals surface area contributed by atoms with Crippen LogP contribution in [0.4, 0.5) is 0 Å². The number of benzene rings is 10. The van der Waals surface area contributed by atoms with E-state index in [0.29, 0.717) is 34.0 Å². The number of para-hydroxylation sites is 4. The van der Waals surface area contributed by atoms with Crippen molar-refractivity contribution >= 4 is 32.8 Å². The number of ether oxygens (including phenoxy) is 1. The molecular weight excluding hydrogens is 1060 g/mol. The van der Waals surface area contributed by atoms with Gasteiger partial charge < -0.3 is 13.9 Å². The smallest absolute Gasteiger partial charge is 0.268 e. The summed E-state index contributed by atoms with van der Waals surface area (Å²) in [6.07, 6.45) is 5.22. The van der Waals surface area contributed by atoms with Gasteiger partial charge in [-0.2, -0.15) is 18.2 Å². The molecule has 72 heavy (non-hydrogen) atoms. The van der Waals surface area contributed by atoms with Crippen molar-refractivity contribution in [1.82, 2.24) is 14.1 Å². The molecule has 5 nitrogen and oxygen atoms in total. The number of pyridine rings is 1. The molecule has 0 radical (unpaired) electrons. The van der Waals surface area contributed by atoms with E-state index in [9.17, 15) is 0 Å². The van der Waals surface area contributed by atoms with Gasteiger partial charge in [0, 0.05) is 44.3 Å². The molecule has 3 heterocycles. The van der Waals surface area contributed by atoms with Gasteiger partial charge in [-0.05, 0) is 79.8 Å². The van der Waals surface area contributed by atoms with E-state index in [4.69, 9.17) is 23.4 Å². The summed E-state index contributed by atoms with van der Waals surface area (Å²) in [7, 11) is 0. The minimum Gasteiger partial charge on any atom is -0.509 e. The first-order valence-corrected chi connectivity index (χ1v) is 23.0. The minimum atomic E-state index is -0.580. The molecule has 0 saturated heterocycles. The van der Waals surface area contributed by atoms with Gasteiger partial charge in [-0.3, -0.25) is 4.57 Å². The molecule has 0 aliphatic carbocycles. The number of hydrogen-bond acceptors (Lipinski definition) is 2. The molecule has 13 aromatic rings. The van der Waals surface area contributed by atoms with Gasteiger partial charge in [-0.1, -0.05) is 217 Å². The molecule has 13 rings (SSSR count). The molecule has 0 bridgehead atoms. The Morgan fingerprint density at radius 2 is 1.07 bits per heavy atom. The maximum atomic E-state index is 9.12. The van der Waals surface area contributed by atoms with E-state index in [-0.39, 0.29) is 49.0 Å². The summed E-state index contributed by atoms with van der Waals surface area (Å²) in [5.74, 6) is 1.44. The number of aromatic nitrogens is 4. The second-order valence-electron chi connectivity index (χ2n) is 16.8. The molecule has 0 atom stereocenters. The van der Waals surface area contributed by atoms with E-state index in [1.54, 1.807) is 39.6 Å². The van der Waals surface area contributed by atoms with Crippen LogP contribution in [0.1, 0.15) is 13.7 Å². The fourth-order valence-electron chi connectivity index (χ4n) is 9.41. The average molecular weight is 1110 g/mol. The summed E-state index contributed by atoms with van der Waals surface area (Å²) in [5, 5.41) is 1.94. The van der Waals surface area contributed by atoms with Crippen molar-refractivity contribution in [3.8, 4) is 84.3 Å². The van der Waals surface area contributed by atoms with Crippen LogP contribution >= 0.6 is 0 Å². The summed E-state index contributed by atoms with van der Waals surface area (Å²) >= 11 is 0. The van der Waals surface area contributed by atoms with Gasteiger partial charge in [-0.15, -0.1) is 23.6 Å². The fraction of sp³-hybridized carbons (Fsp3) is 0. The van der Waals surface area contributed by atoms with Crippen LogP contribution in [0.15, 0.2) is 255 Å². The van der Waals surface area contributed by atoms with Gasteiger partial charge in [0.1, 0.15) is 5.82 Å². The molecule has 6 heteroatoms. The predicted molar refractivity (Wildman–Crippen MR) is 287 cm³/mol. The van der Waals surface area contributed by atoms with Gasteiger partial charge in [-0.25, -0.2) is 4.98 Å². The second-order valence-corrected chi connectivity index (χ2v) is 16.8. The summed E-state index contributed by atoms with van der Waals surface area (Å²) in [5.41, 5.74) is 9.12. The summed E-state index contributed by atoms with van der Waals surface area (Å²) in [6, 6.07) is 62.6. The number of nitrogens with zero attached hydrogens (tertiary/aromatic N) is 4. The van der Waals surface area contributed by atoms with Crippen molar-refractivity contribution in [3.63, 3.8) is 0 Å². The molecule has 344 valence electrons. The number of fused-ring (bicyclic) bond motifs is 4. The minimum absolute atomic E-state index is 0. The topological polar surface area (TPSA) is 35.9 Å². The van der Waals surface area contributed by atoms with Crippen molar-refractivity contribution in [2.24, 2.45) is 0 Å². The van der Waals surface area contributed by atoms with Crippen LogP contribution < -0.4 is 9.30 Å². The first-order valence-electron chi connectivity index (χ1n) is 28.0. The number of rotatable bonds is 10. The quantitative estimate of drug-likeness (QED) is 0.101. The van der Waals surface area contributed by atoms with Crippen molar-refractivity contribution in [1.29, 1.82) is 0 Å². The third-order valence-corrected chi connectivity index (χ3v) is 12.6. The zero-order valence-electron chi connectivity index (χ0n) is 48.0. The molecular formula is C66H42N4OPt-2. The summed E-state index contributed by atoms with van der Waals surface area (Å²) in [6.45, 7) is 0. The third kappa shape index (κ3) is 8.10. The monoisotopic (exact) mass is 1110 g/mol. The Balaban J connectivity index is 0.00000665. The third-order valence-electron chi connectivity index (χ3n) is 12.6. The van der Waals surface area contributed by atoms with Crippen molar-refractivity contribution in [3.05, 3.63) is 273 Å². The normalized spacial score (nSPS) is 13.2. The Morgan fingerprint density at radius 3 is 1.74 bits per heavy atom. The van der Waals surface area contributed by atoms with Crippen LogP contribution in [0.25, 0.3) is 106 Å². The molecule has 10 aromatic carbocycles. The Bertz CT molecular complexity index is 4490.